The van der Waals surface area contributed by atoms with Crippen molar-refractivity contribution in [2.75, 3.05) is 11.9 Å². The first kappa shape index (κ1) is 18.1. The molecule has 142 valence electrons. The summed E-state index contributed by atoms with van der Waals surface area (Å²) < 4.78 is 0. The van der Waals surface area contributed by atoms with E-state index in [1.54, 1.807) is 28.6 Å². The summed E-state index contributed by atoms with van der Waals surface area (Å²) >= 11 is 1.60. The van der Waals surface area contributed by atoms with Crippen LogP contribution in [0.2, 0.25) is 0 Å². The number of nitrogens with zero attached hydrogens (tertiary/aromatic N) is 3. The van der Waals surface area contributed by atoms with Gasteiger partial charge in [-0.25, -0.2) is 4.98 Å². The summed E-state index contributed by atoms with van der Waals surface area (Å²) in [6, 6.07) is 3.79. The minimum atomic E-state index is -0.314. The number of hydrogen-bond acceptors (Lipinski definition) is 5. The molecular formula is C20H24N4O2S. The summed E-state index contributed by atoms with van der Waals surface area (Å²) in [5.41, 5.74) is 2.18. The molecule has 4 rings (SSSR count). The van der Waals surface area contributed by atoms with Crippen molar-refractivity contribution in [1.82, 2.24) is 14.9 Å². The van der Waals surface area contributed by atoms with Gasteiger partial charge in [0.05, 0.1) is 11.6 Å². The summed E-state index contributed by atoms with van der Waals surface area (Å²) in [6.07, 6.45) is 10.7. The molecule has 1 aliphatic heterocycles. The highest BCUT2D eigenvalue weighted by Crippen LogP contribution is 2.29. The third kappa shape index (κ3) is 4.35. The second-order valence-electron chi connectivity index (χ2n) is 7.32. The van der Waals surface area contributed by atoms with Crippen LogP contribution in [0.25, 0.3) is 0 Å². The average molecular weight is 385 g/mol. The Kier molecular flexibility index (Phi) is 5.48. The van der Waals surface area contributed by atoms with E-state index in [0.717, 1.165) is 24.1 Å². The number of likely N-dealkylation sites (tertiary alicyclic amines) is 1. The van der Waals surface area contributed by atoms with Gasteiger partial charge in [0, 0.05) is 36.8 Å². The number of nitrogens with one attached hydrogen (secondary N) is 1. The first-order chi connectivity index (χ1) is 13.2. The Morgan fingerprint density at radius 3 is 2.78 bits per heavy atom. The Labute approximate surface area is 163 Å². The van der Waals surface area contributed by atoms with Gasteiger partial charge in [-0.2, -0.15) is 0 Å². The third-order valence-corrected chi connectivity index (χ3v) is 6.36. The highest BCUT2D eigenvalue weighted by atomic mass is 32.1. The molecule has 7 heteroatoms. The molecule has 0 aromatic carbocycles. The van der Waals surface area contributed by atoms with Crippen molar-refractivity contribution in [3.63, 3.8) is 0 Å². The van der Waals surface area contributed by atoms with Gasteiger partial charge in [0.25, 0.3) is 0 Å². The van der Waals surface area contributed by atoms with E-state index < -0.39 is 0 Å². The van der Waals surface area contributed by atoms with Crippen molar-refractivity contribution < 1.29 is 9.59 Å². The Hall–Kier alpha value is -2.28. The molecule has 1 N–H and O–H groups in total. The number of amides is 2. The first-order valence-electron chi connectivity index (χ1n) is 9.65. The van der Waals surface area contributed by atoms with Gasteiger partial charge in [-0.15, -0.1) is 11.3 Å². The lowest BCUT2D eigenvalue weighted by Gasteiger charge is -2.16. The Balaban J connectivity index is 1.37. The zero-order valence-corrected chi connectivity index (χ0v) is 16.1. The van der Waals surface area contributed by atoms with Crippen LogP contribution in [-0.4, -0.2) is 33.2 Å². The number of anilines is 1. The molecule has 1 aliphatic carbocycles. The van der Waals surface area contributed by atoms with E-state index in [1.807, 2.05) is 12.1 Å². The van der Waals surface area contributed by atoms with E-state index in [-0.39, 0.29) is 24.2 Å². The summed E-state index contributed by atoms with van der Waals surface area (Å²) in [5, 5.41) is 3.65. The number of thiazole rings is 1. The van der Waals surface area contributed by atoms with Crippen molar-refractivity contribution in [3.8, 4) is 0 Å². The highest BCUT2D eigenvalue weighted by molar-refractivity contribution is 7.15. The van der Waals surface area contributed by atoms with Crippen molar-refractivity contribution in [3.05, 3.63) is 40.7 Å². The second-order valence-corrected chi connectivity index (χ2v) is 8.41. The number of pyridine rings is 1. The van der Waals surface area contributed by atoms with Crippen LogP contribution in [0.15, 0.2) is 24.5 Å². The van der Waals surface area contributed by atoms with Crippen molar-refractivity contribution >= 4 is 28.3 Å². The average Bonchev–Trinajstić information content (AvgIpc) is 3.19. The van der Waals surface area contributed by atoms with E-state index in [9.17, 15) is 9.59 Å². The number of aryl methyl sites for hydroxylation is 2. The number of carbonyl (C=O) groups excluding carboxylic acids is 2. The van der Waals surface area contributed by atoms with Gasteiger partial charge in [-0.05, 0) is 43.4 Å². The highest BCUT2D eigenvalue weighted by Gasteiger charge is 2.34. The third-order valence-electron chi connectivity index (χ3n) is 5.28. The number of carbonyl (C=O) groups is 2. The molecule has 0 saturated carbocycles. The lowest BCUT2D eigenvalue weighted by molar-refractivity contribution is -0.128. The van der Waals surface area contributed by atoms with Crippen LogP contribution >= 0.6 is 11.3 Å². The maximum atomic E-state index is 12.7. The molecule has 1 saturated heterocycles. The molecule has 0 unspecified atom stereocenters. The standard InChI is InChI=1S/C20H24N4O2S/c25-18-11-15(13-24(18)12-14-7-9-21-10-8-14)19(26)23-20-22-16-5-3-1-2-4-6-17(16)27-20/h7-10,15H,1-6,11-13H2,(H,22,23,26)/t15-/m1/s1. The van der Waals surface area contributed by atoms with Crippen molar-refractivity contribution in [2.45, 2.75) is 51.5 Å². The molecule has 6 nitrogen and oxygen atoms in total. The van der Waals surface area contributed by atoms with Crippen LogP contribution in [0.5, 0.6) is 0 Å². The van der Waals surface area contributed by atoms with Gasteiger partial charge < -0.3 is 10.2 Å². The largest absolute Gasteiger partial charge is 0.338 e. The molecule has 0 radical (unpaired) electrons. The molecule has 1 fully saturated rings. The Morgan fingerprint density at radius 2 is 1.96 bits per heavy atom. The molecule has 2 aromatic rings. The number of hydrogen-bond donors (Lipinski definition) is 1. The molecule has 1 atom stereocenters. The Morgan fingerprint density at radius 1 is 1.19 bits per heavy atom. The zero-order chi connectivity index (χ0) is 18.6. The van der Waals surface area contributed by atoms with Crippen LogP contribution in [-0.2, 0) is 29.0 Å². The van der Waals surface area contributed by atoms with Gasteiger partial charge >= 0.3 is 0 Å². The summed E-state index contributed by atoms with van der Waals surface area (Å²) in [4.78, 5) is 36.7. The number of aromatic nitrogens is 2. The van der Waals surface area contributed by atoms with Crippen LogP contribution in [0.4, 0.5) is 5.13 Å². The fourth-order valence-corrected chi connectivity index (χ4v) is 4.83. The lowest BCUT2D eigenvalue weighted by atomic mass is 10.0. The van der Waals surface area contributed by atoms with E-state index in [2.05, 4.69) is 15.3 Å². The van der Waals surface area contributed by atoms with Crippen LogP contribution in [0.1, 0.15) is 48.2 Å². The topological polar surface area (TPSA) is 75.2 Å². The summed E-state index contributed by atoms with van der Waals surface area (Å²) in [6.45, 7) is 0.981. The minimum Gasteiger partial charge on any atom is -0.338 e. The maximum absolute atomic E-state index is 12.7. The first-order valence-corrected chi connectivity index (χ1v) is 10.5. The zero-order valence-electron chi connectivity index (χ0n) is 15.3. The summed E-state index contributed by atoms with van der Waals surface area (Å²) in [5.74, 6) is -0.383. The second kappa shape index (κ2) is 8.17. The van der Waals surface area contributed by atoms with Gasteiger partial charge in [-0.3, -0.25) is 14.6 Å². The van der Waals surface area contributed by atoms with E-state index in [1.165, 1.54) is 30.6 Å². The molecule has 0 bridgehead atoms. The maximum Gasteiger partial charge on any atom is 0.231 e. The van der Waals surface area contributed by atoms with Gasteiger partial charge in [-0.1, -0.05) is 12.8 Å². The molecule has 27 heavy (non-hydrogen) atoms. The molecular weight excluding hydrogens is 360 g/mol. The monoisotopic (exact) mass is 384 g/mol. The quantitative estimate of drug-likeness (QED) is 0.878. The van der Waals surface area contributed by atoms with Gasteiger partial charge in [0.1, 0.15) is 0 Å². The predicted molar refractivity (Wildman–Crippen MR) is 104 cm³/mol. The van der Waals surface area contributed by atoms with Crippen molar-refractivity contribution in [1.29, 1.82) is 0 Å². The predicted octanol–water partition coefficient (Wildman–Crippen LogP) is 3.18. The van der Waals surface area contributed by atoms with Crippen LogP contribution in [0.3, 0.4) is 0 Å². The van der Waals surface area contributed by atoms with Crippen LogP contribution in [0, 0.1) is 5.92 Å². The number of fused-ring (bicyclic) bond motifs is 1. The summed E-state index contributed by atoms with van der Waals surface area (Å²) in [7, 11) is 0. The van der Waals surface area contributed by atoms with Crippen molar-refractivity contribution in [2.24, 2.45) is 5.92 Å². The molecule has 3 heterocycles. The molecule has 2 aliphatic rings. The normalized spacial score (nSPS) is 20.1. The van der Waals surface area contributed by atoms with E-state index in [4.69, 9.17) is 0 Å². The van der Waals surface area contributed by atoms with E-state index in [0.29, 0.717) is 18.2 Å². The molecule has 0 spiro atoms. The van der Waals surface area contributed by atoms with Gasteiger partial charge in [0.2, 0.25) is 11.8 Å². The van der Waals surface area contributed by atoms with Gasteiger partial charge in [0.15, 0.2) is 5.13 Å². The Bertz CT molecular complexity index is 795. The SMILES string of the molecule is O=C(Nc1nc2c(s1)CCCCCC2)[C@@H]1CC(=O)N(Cc2ccncc2)C1. The minimum absolute atomic E-state index is 0.0263. The fraction of sp³-hybridized carbons (Fsp3) is 0.500. The molecule has 2 amide bonds. The smallest absolute Gasteiger partial charge is 0.231 e. The van der Waals surface area contributed by atoms with E-state index >= 15 is 0 Å². The molecule has 2 aromatic heterocycles. The number of rotatable bonds is 4. The fourth-order valence-electron chi connectivity index (χ4n) is 3.78. The lowest BCUT2D eigenvalue weighted by Crippen LogP contribution is -2.28. The van der Waals surface area contributed by atoms with Crippen LogP contribution < -0.4 is 5.32 Å².